The molecule has 0 spiro atoms. The number of aryl methyl sites for hydroxylation is 2. The normalized spacial score (nSPS) is 19.3. The van der Waals surface area contributed by atoms with Crippen molar-refractivity contribution in [3.05, 3.63) is 65.4 Å². The van der Waals surface area contributed by atoms with Crippen LogP contribution in [0.4, 0.5) is 5.82 Å². The first-order valence-electron chi connectivity index (χ1n) is 14.5. The maximum atomic E-state index is 10.9. The number of phenols is 2. The third-order valence-corrected chi connectivity index (χ3v) is 7.59. The average molecular weight is 582 g/mol. The number of likely N-dealkylation sites (N-methyl/N-ethyl adjacent to an activating group) is 1. The Balaban J connectivity index is 1.43. The van der Waals surface area contributed by atoms with Crippen LogP contribution in [-0.2, 0) is 17.6 Å². The molecule has 4 rings (SSSR count). The molecular weight excluding hydrogens is 538 g/mol. The van der Waals surface area contributed by atoms with Crippen molar-refractivity contribution in [2.75, 3.05) is 33.1 Å². The molecule has 4 atom stereocenters. The highest BCUT2D eigenvalue weighted by atomic mass is 16.5. The number of phenolic OH excluding ortho intramolecular Hbond substituents is 2. The number of nitrogen functional groups attached to an aromatic ring is 1. The summed E-state index contributed by atoms with van der Waals surface area (Å²) in [5.41, 5.74) is 8.70. The first-order chi connectivity index (χ1) is 20.3. The summed E-state index contributed by atoms with van der Waals surface area (Å²) in [4.78, 5) is 4.05. The third-order valence-electron chi connectivity index (χ3n) is 7.59. The number of methoxy groups -OCH3 is 2. The van der Waals surface area contributed by atoms with Gasteiger partial charge in [-0.25, -0.2) is 4.98 Å². The van der Waals surface area contributed by atoms with Gasteiger partial charge in [0.15, 0.2) is 23.0 Å². The molecule has 1 aromatic heterocycles. The number of anilines is 1. The Morgan fingerprint density at radius 2 is 1.76 bits per heavy atom. The highest BCUT2D eigenvalue weighted by Crippen LogP contribution is 2.42. The number of aromatic hydroxyl groups is 2. The average Bonchev–Trinajstić information content (AvgIpc) is 2.98. The topological polar surface area (TPSA) is 149 Å². The minimum Gasteiger partial charge on any atom is -0.504 e. The van der Waals surface area contributed by atoms with Crippen molar-refractivity contribution in [2.45, 2.75) is 69.8 Å². The fourth-order valence-corrected chi connectivity index (χ4v) is 5.36. The summed E-state index contributed by atoms with van der Waals surface area (Å²) in [7, 11) is 3.02. The number of hydrogen-bond donors (Lipinski definition) is 5. The van der Waals surface area contributed by atoms with Crippen LogP contribution in [0.25, 0.3) is 0 Å². The van der Waals surface area contributed by atoms with E-state index in [1.807, 2.05) is 31.2 Å². The van der Waals surface area contributed by atoms with Crippen LogP contribution in [0.3, 0.4) is 0 Å². The molecule has 10 nitrogen and oxygen atoms in total. The molecular formula is C32H43N3O7. The molecule has 4 unspecified atom stereocenters. The fraction of sp³-hybridized carbons (Fsp3) is 0.469. The number of aromatic nitrogens is 1. The molecule has 3 aromatic rings. The summed E-state index contributed by atoms with van der Waals surface area (Å²) in [5, 5.41) is 34.9. The van der Waals surface area contributed by atoms with Gasteiger partial charge in [0.1, 0.15) is 12.4 Å². The molecule has 1 aliphatic rings. The van der Waals surface area contributed by atoms with E-state index in [1.165, 1.54) is 14.2 Å². The second-order valence-corrected chi connectivity index (χ2v) is 10.7. The number of nitrogens with zero attached hydrogens (tertiary/aromatic N) is 1. The van der Waals surface area contributed by atoms with Gasteiger partial charge in [0.2, 0.25) is 5.75 Å². The Hall–Kier alpha value is -3.73. The van der Waals surface area contributed by atoms with Crippen LogP contribution in [0.1, 0.15) is 55.4 Å². The van der Waals surface area contributed by atoms with Crippen LogP contribution < -0.4 is 25.3 Å². The standard InChI is InChI=1S/C32H43N3O7/c1-4-34-23(8-5-21-11-12-35-31(33)14-21)19-41-30-16-22(15-29(40-3)32(30)38)27-18-24(36)17-25(42-27)9-6-20-7-10-26(37)28(13-20)39-2/h7,10-16,23-25,27,34,36-38H,4-6,8-9,17-19H2,1-3H3,(H2,33,35). The van der Waals surface area contributed by atoms with Gasteiger partial charge in [-0.05, 0) is 91.7 Å². The fourth-order valence-electron chi connectivity index (χ4n) is 5.36. The number of ether oxygens (including phenoxy) is 4. The molecule has 228 valence electrons. The van der Waals surface area contributed by atoms with Gasteiger partial charge in [0.25, 0.3) is 0 Å². The Bertz CT molecular complexity index is 1310. The molecule has 10 heteroatoms. The quantitative estimate of drug-likeness (QED) is 0.187. The third kappa shape index (κ3) is 8.40. The summed E-state index contributed by atoms with van der Waals surface area (Å²) in [6, 6.07) is 12.7. The molecule has 2 aromatic carbocycles. The van der Waals surface area contributed by atoms with E-state index in [9.17, 15) is 15.3 Å². The van der Waals surface area contributed by atoms with Crippen LogP contribution in [0, 0.1) is 0 Å². The first-order valence-corrected chi connectivity index (χ1v) is 14.5. The predicted molar refractivity (Wildman–Crippen MR) is 160 cm³/mol. The van der Waals surface area contributed by atoms with Crippen molar-refractivity contribution in [3.63, 3.8) is 0 Å². The van der Waals surface area contributed by atoms with E-state index < -0.39 is 12.2 Å². The van der Waals surface area contributed by atoms with Crippen molar-refractivity contribution in [3.8, 4) is 28.7 Å². The van der Waals surface area contributed by atoms with Crippen LogP contribution in [0.2, 0.25) is 0 Å². The van der Waals surface area contributed by atoms with Gasteiger partial charge in [-0.15, -0.1) is 0 Å². The van der Waals surface area contributed by atoms with Crippen molar-refractivity contribution < 1.29 is 34.3 Å². The molecule has 0 amide bonds. The van der Waals surface area contributed by atoms with Crippen LogP contribution in [0.5, 0.6) is 28.7 Å². The van der Waals surface area contributed by atoms with E-state index in [1.54, 1.807) is 24.4 Å². The summed E-state index contributed by atoms with van der Waals surface area (Å²) in [6.45, 7) is 3.15. The van der Waals surface area contributed by atoms with Gasteiger partial charge < -0.3 is 45.3 Å². The molecule has 0 saturated carbocycles. The molecule has 0 aliphatic carbocycles. The number of aliphatic hydroxyl groups excluding tert-OH is 1. The summed E-state index contributed by atoms with van der Waals surface area (Å²) in [6.07, 6.45) is 4.54. The molecule has 2 heterocycles. The lowest BCUT2D eigenvalue weighted by Crippen LogP contribution is -2.35. The van der Waals surface area contributed by atoms with E-state index in [2.05, 4.69) is 10.3 Å². The van der Waals surface area contributed by atoms with Gasteiger partial charge >= 0.3 is 0 Å². The van der Waals surface area contributed by atoms with Crippen molar-refractivity contribution >= 4 is 5.82 Å². The lowest BCUT2D eigenvalue weighted by molar-refractivity contribution is -0.0999. The van der Waals surface area contributed by atoms with E-state index in [0.29, 0.717) is 49.6 Å². The van der Waals surface area contributed by atoms with Gasteiger partial charge in [-0.2, -0.15) is 0 Å². The maximum Gasteiger partial charge on any atom is 0.200 e. The van der Waals surface area contributed by atoms with E-state index >= 15 is 0 Å². The van der Waals surface area contributed by atoms with Gasteiger partial charge in [-0.3, -0.25) is 0 Å². The second-order valence-electron chi connectivity index (χ2n) is 10.7. The highest BCUT2D eigenvalue weighted by Gasteiger charge is 2.31. The number of pyridine rings is 1. The number of nitrogens with two attached hydrogens (primary N) is 1. The second kappa shape index (κ2) is 14.9. The SMILES string of the molecule is CCNC(CCc1ccnc(N)c1)COc1cc(C2CC(O)CC(CCc3ccc(O)c(OC)c3)O2)cc(OC)c1O. The lowest BCUT2D eigenvalue weighted by Gasteiger charge is -2.34. The molecule has 6 N–H and O–H groups in total. The monoisotopic (exact) mass is 581 g/mol. The maximum absolute atomic E-state index is 10.9. The Labute approximate surface area is 247 Å². The number of benzene rings is 2. The van der Waals surface area contributed by atoms with Crippen LogP contribution in [0.15, 0.2) is 48.7 Å². The number of nitrogens with one attached hydrogen (secondary N) is 1. The van der Waals surface area contributed by atoms with Crippen LogP contribution in [-0.4, -0.2) is 65.9 Å². The Morgan fingerprint density at radius 1 is 1.00 bits per heavy atom. The molecule has 0 radical (unpaired) electrons. The predicted octanol–water partition coefficient (Wildman–Crippen LogP) is 4.30. The smallest absolute Gasteiger partial charge is 0.200 e. The van der Waals surface area contributed by atoms with Crippen molar-refractivity contribution in [1.82, 2.24) is 10.3 Å². The Kier molecular flexibility index (Phi) is 11.1. The minimum absolute atomic E-state index is 0.0362. The first kappa shape index (κ1) is 31.2. The minimum atomic E-state index is -0.535. The summed E-state index contributed by atoms with van der Waals surface area (Å²) in [5.74, 6) is 1.53. The summed E-state index contributed by atoms with van der Waals surface area (Å²) >= 11 is 0. The van der Waals surface area contributed by atoms with Gasteiger partial charge in [0.05, 0.1) is 32.5 Å². The zero-order valence-electron chi connectivity index (χ0n) is 24.6. The molecule has 42 heavy (non-hydrogen) atoms. The van der Waals surface area contributed by atoms with Crippen LogP contribution >= 0.6 is 0 Å². The number of aliphatic hydroxyl groups is 1. The molecule has 1 saturated heterocycles. The van der Waals surface area contributed by atoms with Gasteiger partial charge in [0, 0.05) is 18.7 Å². The van der Waals surface area contributed by atoms with Crippen molar-refractivity contribution in [1.29, 1.82) is 0 Å². The lowest BCUT2D eigenvalue weighted by atomic mass is 9.93. The van der Waals surface area contributed by atoms with Crippen molar-refractivity contribution in [2.24, 2.45) is 0 Å². The zero-order chi connectivity index (χ0) is 30.1. The molecule has 1 aliphatic heterocycles. The number of hydrogen-bond acceptors (Lipinski definition) is 10. The van der Waals surface area contributed by atoms with Gasteiger partial charge in [-0.1, -0.05) is 13.0 Å². The molecule has 0 bridgehead atoms. The van der Waals surface area contributed by atoms with E-state index in [0.717, 1.165) is 36.1 Å². The molecule has 1 fully saturated rings. The number of rotatable bonds is 14. The zero-order valence-corrected chi connectivity index (χ0v) is 24.6. The van der Waals surface area contributed by atoms with E-state index in [-0.39, 0.29) is 29.4 Å². The summed E-state index contributed by atoms with van der Waals surface area (Å²) < 4.78 is 23.3. The Morgan fingerprint density at radius 3 is 2.50 bits per heavy atom. The largest absolute Gasteiger partial charge is 0.504 e. The van der Waals surface area contributed by atoms with E-state index in [4.69, 9.17) is 24.7 Å². The highest BCUT2D eigenvalue weighted by molar-refractivity contribution is 5.53.